The Kier molecular flexibility index (Phi) is 5.01. The first-order valence-electron chi connectivity index (χ1n) is 4.63. The number of nitrogens with one attached hydrogen (secondary N) is 1. The second-order valence-corrected chi connectivity index (χ2v) is 3.96. The van der Waals surface area contributed by atoms with Gasteiger partial charge in [-0.1, -0.05) is 13.3 Å². The van der Waals surface area contributed by atoms with Crippen LogP contribution >= 0.6 is 15.9 Å². The molecular formula is C10H15BrN2. The number of unbranched alkanes of at least 4 members (excludes halogenated alkanes) is 1. The van der Waals surface area contributed by atoms with Crippen molar-refractivity contribution in [2.45, 2.75) is 26.3 Å². The maximum absolute atomic E-state index is 4.10. The molecule has 1 heterocycles. The Morgan fingerprint density at radius 2 is 2.31 bits per heavy atom. The molecule has 0 bridgehead atoms. The van der Waals surface area contributed by atoms with Gasteiger partial charge in [0, 0.05) is 23.4 Å². The molecule has 0 aromatic carbocycles. The molecule has 1 aromatic rings. The average molecular weight is 243 g/mol. The van der Waals surface area contributed by atoms with Crippen LogP contribution < -0.4 is 5.32 Å². The summed E-state index contributed by atoms with van der Waals surface area (Å²) in [5.41, 5.74) is 1.23. The van der Waals surface area contributed by atoms with E-state index in [1.165, 1.54) is 18.4 Å². The predicted octanol–water partition coefficient (Wildman–Crippen LogP) is 2.73. The van der Waals surface area contributed by atoms with Crippen molar-refractivity contribution in [3.63, 3.8) is 0 Å². The molecule has 3 heteroatoms. The number of hydrogen-bond donors (Lipinski definition) is 1. The smallest absolute Gasteiger partial charge is 0.0410 e. The Morgan fingerprint density at radius 3 is 3.00 bits per heavy atom. The van der Waals surface area contributed by atoms with Gasteiger partial charge in [-0.15, -0.1) is 0 Å². The van der Waals surface area contributed by atoms with E-state index in [1.54, 1.807) is 6.20 Å². The number of pyridine rings is 1. The topological polar surface area (TPSA) is 24.9 Å². The predicted molar refractivity (Wildman–Crippen MR) is 58.6 cm³/mol. The van der Waals surface area contributed by atoms with Gasteiger partial charge in [0.15, 0.2) is 0 Å². The fourth-order valence-electron chi connectivity index (χ4n) is 1.09. The molecule has 2 nitrogen and oxygen atoms in total. The van der Waals surface area contributed by atoms with Gasteiger partial charge >= 0.3 is 0 Å². The Hall–Kier alpha value is -0.410. The van der Waals surface area contributed by atoms with Crippen LogP contribution in [0.5, 0.6) is 0 Å². The summed E-state index contributed by atoms with van der Waals surface area (Å²) in [4.78, 5) is 4.10. The van der Waals surface area contributed by atoms with E-state index in [2.05, 4.69) is 39.2 Å². The maximum atomic E-state index is 4.10. The molecule has 0 aliphatic rings. The second-order valence-electron chi connectivity index (χ2n) is 3.04. The van der Waals surface area contributed by atoms with Crippen LogP contribution in [0.3, 0.4) is 0 Å². The molecule has 0 unspecified atom stereocenters. The molecule has 0 aliphatic heterocycles. The van der Waals surface area contributed by atoms with E-state index in [-0.39, 0.29) is 0 Å². The van der Waals surface area contributed by atoms with Crippen molar-refractivity contribution in [3.8, 4) is 0 Å². The third kappa shape index (κ3) is 4.39. The van der Waals surface area contributed by atoms with E-state index in [4.69, 9.17) is 0 Å². The largest absolute Gasteiger partial charge is 0.313 e. The van der Waals surface area contributed by atoms with Crippen LogP contribution in [0.1, 0.15) is 25.3 Å². The molecule has 1 N–H and O–H groups in total. The molecule has 72 valence electrons. The summed E-state index contributed by atoms with van der Waals surface area (Å²) in [7, 11) is 0. The minimum atomic E-state index is 0.909. The summed E-state index contributed by atoms with van der Waals surface area (Å²) >= 11 is 3.39. The van der Waals surface area contributed by atoms with Crippen molar-refractivity contribution in [1.29, 1.82) is 0 Å². The highest BCUT2D eigenvalue weighted by Crippen LogP contribution is 2.08. The highest BCUT2D eigenvalue weighted by atomic mass is 79.9. The van der Waals surface area contributed by atoms with Crippen molar-refractivity contribution in [2.24, 2.45) is 0 Å². The minimum Gasteiger partial charge on any atom is -0.313 e. The zero-order valence-corrected chi connectivity index (χ0v) is 9.47. The minimum absolute atomic E-state index is 0.909. The van der Waals surface area contributed by atoms with Gasteiger partial charge < -0.3 is 5.32 Å². The van der Waals surface area contributed by atoms with Crippen molar-refractivity contribution >= 4 is 15.9 Å². The Bertz CT molecular complexity index is 250. The van der Waals surface area contributed by atoms with E-state index in [1.807, 2.05) is 6.20 Å². The number of hydrogen-bond acceptors (Lipinski definition) is 2. The standard InChI is InChI=1S/C10H15BrN2/c1-2-3-4-12-6-9-5-10(11)8-13-7-9/h5,7-8,12H,2-4,6H2,1H3. The summed E-state index contributed by atoms with van der Waals surface area (Å²) < 4.78 is 1.04. The fraction of sp³-hybridized carbons (Fsp3) is 0.500. The number of rotatable bonds is 5. The Morgan fingerprint density at radius 1 is 1.46 bits per heavy atom. The SMILES string of the molecule is CCCCNCc1cncc(Br)c1. The van der Waals surface area contributed by atoms with E-state index in [0.29, 0.717) is 0 Å². The molecule has 0 amide bonds. The lowest BCUT2D eigenvalue weighted by Gasteiger charge is -2.03. The Balaban J connectivity index is 2.28. The van der Waals surface area contributed by atoms with Crippen LogP contribution in [0.15, 0.2) is 22.9 Å². The lowest BCUT2D eigenvalue weighted by molar-refractivity contribution is 0.640. The lowest BCUT2D eigenvalue weighted by atomic mass is 10.3. The number of aromatic nitrogens is 1. The number of halogens is 1. The van der Waals surface area contributed by atoms with Gasteiger partial charge in [0.1, 0.15) is 0 Å². The van der Waals surface area contributed by atoms with Gasteiger partial charge in [-0.05, 0) is 40.5 Å². The zero-order valence-electron chi connectivity index (χ0n) is 7.89. The Labute approximate surface area is 87.9 Å². The van der Waals surface area contributed by atoms with Crippen LogP contribution in [0.4, 0.5) is 0 Å². The van der Waals surface area contributed by atoms with Crippen molar-refractivity contribution in [2.75, 3.05) is 6.54 Å². The first kappa shape index (κ1) is 10.7. The monoisotopic (exact) mass is 242 g/mol. The van der Waals surface area contributed by atoms with Gasteiger partial charge in [-0.25, -0.2) is 0 Å². The molecule has 13 heavy (non-hydrogen) atoms. The third-order valence-corrected chi connectivity index (χ3v) is 2.23. The van der Waals surface area contributed by atoms with Crippen molar-refractivity contribution in [3.05, 3.63) is 28.5 Å². The molecule has 0 aliphatic carbocycles. The van der Waals surface area contributed by atoms with Gasteiger partial charge in [-0.3, -0.25) is 4.98 Å². The van der Waals surface area contributed by atoms with Crippen LogP contribution in [0.2, 0.25) is 0 Å². The van der Waals surface area contributed by atoms with Gasteiger partial charge in [0.2, 0.25) is 0 Å². The first-order valence-corrected chi connectivity index (χ1v) is 5.42. The van der Waals surface area contributed by atoms with E-state index in [9.17, 15) is 0 Å². The molecule has 1 rings (SSSR count). The van der Waals surface area contributed by atoms with Crippen molar-refractivity contribution < 1.29 is 0 Å². The average Bonchev–Trinajstić information content (AvgIpc) is 2.13. The highest BCUT2D eigenvalue weighted by molar-refractivity contribution is 9.10. The summed E-state index contributed by atoms with van der Waals surface area (Å²) in [6.07, 6.45) is 6.17. The summed E-state index contributed by atoms with van der Waals surface area (Å²) in [5, 5.41) is 3.37. The molecule has 0 radical (unpaired) electrons. The van der Waals surface area contributed by atoms with Gasteiger partial charge in [-0.2, -0.15) is 0 Å². The van der Waals surface area contributed by atoms with Gasteiger partial charge in [0.05, 0.1) is 0 Å². The molecular weight excluding hydrogens is 228 g/mol. The van der Waals surface area contributed by atoms with E-state index >= 15 is 0 Å². The quantitative estimate of drug-likeness (QED) is 0.804. The third-order valence-electron chi connectivity index (χ3n) is 1.80. The molecule has 0 fully saturated rings. The lowest BCUT2D eigenvalue weighted by Crippen LogP contribution is -2.14. The van der Waals surface area contributed by atoms with Crippen molar-refractivity contribution in [1.82, 2.24) is 10.3 Å². The van der Waals surface area contributed by atoms with Crippen LogP contribution in [0, 0.1) is 0 Å². The summed E-state index contributed by atoms with van der Waals surface area (Å²) in [6.45, 7) is 4.19. The normalized spacial score (nSPS) is 10.3. The van der Waals surface area contributed by atoms with E-state index < -0.39 is 0 Å². The van der Waals surface area contributed by atoms with Crippen LogP contribution in [0.25, 0.3) is 0 Å². The second kappa shape index (κ2) is 6.11. The summed E-state index contributed by atoms with van der Waals surface area (Å²) in [5.74, 6) is 0. The van der Waals surface area contributed by atoms with Crippen LogP contribution in [-0.4, -0.2) is 11.5 Å². The zero-order chi connectivity index (χ0) is 9.52. The molecule has 1 aromatic heterocycles. The number of nitrogens with zero attached hydrogens (tertiary/aromatic N) is 1. The molecule has 0 saturated heterocycles. The van der Waals surface area contributed by atoms with Gasteiger partial charge in [0.25, 0.3) is 0 Å². The molecule has 0 spiro atoms. The first-order chi connectivity index (χ1) is 6.33. The summed E-state index contributed by atoms with van der Waals surface area (Å²) in [6, 6.07) is 2.09. The molecule has 0 atom stereocenters. The maximum Gasteiger partial charge on any atom is 0.0410 e. The highest BCUT2D eigenvalue weighted by Gasteiger charge is 1.93. The van der Waals surface area contributed by atoms with E-state index in [0.717, 1.165) is 17.6 Å². The molecule has 0 saturated carbocycles. The van der Waals surface area contributed by atoms with Crippen LogP contribution in [-0.2, 0) is 6.54 Å². The fourth-order valence-corrected chi connectivity index (χ4v) is 1.50.